The van der Waals surface area contributed by atoms with Crippen molar-refractivity contribution in [3.05, 3.63) is 97.1 Å². The summed E-state index contributed by atoms with van der Waals surface area (Å²) < 4.78 is 5.90. The zero-order chi connectivity index (χ0) is 18.6. The van der Waals surface area contributed by atoms with Gasteiger partial charge in [0.15, 0.2) is 0 Å². The predicted octanol–water partition coefficient (Wildman–Crippen LogP) is 6.22. The Labute approximate surface area is 157 Å². The molecule has 0 heterocycles. The number of phenolic OH excluding ortho intramolecular Hbond substituents is 2. The van der Waals surface area contributed by atoms with Crippen LogP contribution in [0.5, 0.6) is 23.0 Å². The second kappa shape index (κ2) is 7.26. The van der Waals surface area contributed by atoms with Crippen LogP contribution in [-0.4, -0.2) is 10.2 Å². The Kier molecular flexibility index (Phi) is 4.50. The van der Waals surface area contributed by atoms with Crippen LogP contribution in [0.2, 0.25) is 0 Å². The molecule has 0 saturated carbocycles. The maximum atomic E-state index is 9.96. The summed E-state index contributed by atoms with van der Waals surface area (Å²) in [6.45, 7) is 0. The quantitative estimate of drug-likeness (QED) is 0.457. The molecule has 0 amide bonds. The normalized spacial score (nSPS) is 10.5. The second-order valence-corrected chi connectivity index (χ2v) is 6.19. The van der Waals surface area contributed by atoms with Gasteiger partial charge in [0.1, 0.15) is 23.0 Å². The van der Waals surface area contributed by atoms with Crippen LogP contribution in [0.1, 0.15) is 0 Å². The van der Waals surface area contributed by atoms with E-state index in [2.05, 4.69) is 0 Å². The molecular weight excluding hydrogens is 336 g/mol. The number of rotatable bonds is 4. The maximum Gasteiger partial charge on any atom is 0.127 e. The number of aromatic hydroxyl groups is 2. The summed E-state index contributed by atoms with van der Waals surface area (Å²) in [5.41, 5.74) is 3.43. The average molecular weight is 354 g/mol. The molecule has 3 nitrogen and oxygen atoms in total. The number of benzene rings is 4. The van der Waals surface area contributed by atoms with Crippen LogP contribution in [0.15, 0.2) is 97.1 Å². The molecule has 0 spiro atoms. The summed E-state index contributed by atoms with van der Waals surface area (Å²) in [7, 11) is 0. The Morgan fingerprint density at radius 1 is 0.444 bits per heavy atom. The molecule has 2 N–H and O–H groups in total. The first kappa shape index (κ1) is 16.7. The van der Waals surface area contributed by atoms with E-state index in [1.54, 1.807) is 24.3 Å². The molecule has 0 saturated heterocycles. The van der Waals surface area contributed by atoms with Crippen molar-refractivity contribution in [2.75, 3.05) is 0 Å². The average Bonchev–Trinajstić information content (AvgIpc) is 2.70. The number of hydrogen-bond donors (Lipinski definition) is 2. The molecule has 0 fully saturated rings. The van der Waals surface area contributed by atoms with Crippen molar-refractivity contribution in [3.63, 3.8) is 0 Å². The van der Waals surface area contributed by atoms with Crippen LogP contribution in [0.3, 0.4) is 0 Å². The van der Waals surface area contributed by atoms with Crippen molar-refractivity contribution >= 4 is 0 Å². The Bertz CT molecular complexity index is 964. The maximum absolute atomic E-state index is 9.96. The molecule has 0 aliphatic carbocycles. The van der Waals surface area contributed by atoms with E-state index in [0.29, 0.717) is 11.5 Å². The van der Waals surface area contributed by atoms with Gasteiger partial charge in [0.25, 0.3) is 0 Å². The SMILES string of the molecule is Oc1ccccc1-c1ccc(Oc2ccc(-c3ccccc3O)cc2)cc1. The molecule has 4 aromatic rings. The van der Waals surface area contributed by atoms with Crippen LogP contribution in [0.4, 0.5) is 0 Å². The minimum atomic E-state index is 0.255. The largest absolute Gasteiger partial charge is 0.507 e. The van der Waals surface area contributed by atoms with Crippen molar-refractivity contribution in [1.29, 1.82) is 0 Å². The topological polar surface area (TPSA) is 49.7 Å². The van der Waals surface area contributed by atoms with E-state index >= 15 is 0 Å². The van der Waals surface area contributed by atoms with E-state index in [0.717, 1.165) is 22.3 Å². The predicted molar refractivity (Wildman–Crippen MR) is 107 cm³/mol. The summed E-state index contributed by atoms with van der Waals surface area (Å²) in [6, 6.07) is 29.7. The first-order valence-corrected chi connectivity index (χ1v) is 8.65. The molecule has 0 bridgehead atoms. The molecule has 4 aromatic carbocycles. The van der Waals surface area contributed by atoms with Crippen molar-refractivity contribution in [3.8, 4) is 45.3 Å². The standard InChI is InChI=1S/C24H18O3/c25-23-7-3-1-5-21(23)17-9-13-19(14-10-17)27-20-15-11-18(12-16-20)22-6-2-4-8-24(22)26/h1-16,25-26H. The molecule has 0 radical (unpaired) electrons. The summed E-state index contributed by atoms with van der Waals surface area (Å²) in [6.07, 6.45) is 0. The van der Waals surface area contributed by atoms with Gasteiger partial charge >= 0.3 is 0 Å². The Morgan fingerprint density at radius 2 is 0.815 bits per heavy atom. The fraction of sp³-hybridized carbons (Fsp3) is 0. The first-order valence-electron chi connectivity index (χ1n) is 8.65. The Hall–Kier alpha value is -3.72. The minimum Gasteiger partial charge on any atom is -0.507 e. The molecule has 0 aromatic heterocycles. The molecule has 0 aliphatic heterocycles. The zero-order valence-electron chi connectivity index (χ0n) is 14.5. The highest BCUT2D eigenvalue weighted by molar-refractivity contribution is 5.71. The third kappa shape index (κ3) is 3.62. The first-order chi connectivity index (χ1) is 13.2. The molecule has 0 atom stereocenters. The lowest BCUT2D eigenvalue weighted by Gasteiger charge is -2.09. The number of para-hydroxylation sites is 2. The second-order valence-electron chi connectivity index (χ2n) is 6.19. The highest BCUT2D eigenvalue weighted by Crippen LogP contribution is 2.33. The van der Waals surface area contributed by atoms with Crippen molar-refractivity contribution < 1.29 is 14.9 Å². The van der Waals surface area contributed by atoms with Crippen LogP contribution < -0.4 is 4.74 Å². The number of ether oxygens (including phenoxy) is 1. The van der Waals surface area contributed by atoms with E-state index in [1.165, 1.54) is 0 Å². The molecule has 0 unspecified atom stereocenters. The molecule has 27 heavy (non-hydrogen) atoms. The van der Waals surface area contributed by atoms with E-state index in [1.807, 2.05) is 72.8 Å². The molecule has 132 valence electrons. The van der Waals surface area contributed by atoms with Crippen molar-refractivity contribution in [2.45, 2.75) is 0 Å². The smallest absolute Gasteiger partial charge is 0.127 e. The van der Waals surface area contributed by atoms with Gasteiger partial charge in [-0.25, -0.2) is 0 Å². The van der Waals surface area contributed by atoms with E-state index in [9.17, 15) is 10.2 Å². The van der Waals surface area contributed by atoms with Gasteiger partial charge in [-0.05, 0) is 47.5 Å². The third-order valence-electron chi connectivity index (χ3n) is 4.37. The summed E-state index contributed by atoms with van der Waals surface area (Å²) in [5.74, 6) is 1.94. The van der Waals surface area contributed by atoms with Gasteiger partial charge in [-0.15, -0.1) is 0 Å². The lowest BCUT2D eigenvalue weighted by atomic mass is 10.0. The van der Waals surface area contributed by atoms with Crippen LogP contribution in [0.25, 0.3) is 22.3 Å². The molecule has 3 heteroatoms. The summed E-state index contributed by atoms with van der Waals surface area (Å²) in [4.78, 5) is 0. The lowest BCUT2D eigenvalue weighted by Crippen LogP contribution is -1.86. The molecular formula is C24H18O3. The highest BCUT2D eigenvalue weighted by Gasteiger charge is 2.06. The Morgan fingerprint density at radius 3 is 1.19 bits per heavy atom. The van der Waals surface area contributed by atoms with Crippen LogP contribution in [-0.2, 0) is 0 Å². The van der Waals surface area contributed by atoms with Crippen LogP contribution >= 0.6 is 0 Å². The third-order valence-corrected chi connectivity index (χ3v) is 4.37. The number of phenols is 2. The van der Waals surface area contributed by atoms with E-state index in [-0.39, 0.29) is 11.5 Å². The van der Waals surface area contributed by atoms with Crippen molar-refractivity contribution in [2.24, 2.45) is 0 Å². The highest BCUT2D eigenvalue weighted by atomic mass is 16.5. The fourth-order valence-electron chi connectivity index (χ4n) is 2.98. The lowest BCUT2D eigenvalue weighted by molar-refractivity contribution is 0.477. The molecule has 0 aliphatic rings. The Balaban J connectivity index is 1.51. The monoisotopic (exact) mass is 354 g/mol. The van der Waals surface area contributed by atoms with E-state index in [4.69, 9.17) is 4.74 Å². The van der Waals surface area contributed by atoms with Gasteiger partial charge in [0.2, 0.25) is 0 Å². The van der Waals surface area contributed by atoms with Crippen LogP contribution in [0, 0.1) is 0 Å². The van der Waals surface area contributed by atoms with Gasteiger partial charge in [-0.3, -0.25) is 0 Å². The van der Waals surface area contributed by atoms with Gasteiger partial charge in [-0.2, -0.15) is 0 Å². The molecule has 4 rings (SSSR count). The fourth-order valence-corrected chi connectivity index (χ4v) is 2.98. The van der Waals surface area contributed by atoms with Gasteiger partial charge in [-0.1, -0.05) is 60.7 Å². The van der Waals surface area contributed by atoms with Gasteiger partial charge < -0.3 is 14.9 Å². The van der Waals surface area contributed by atoms with E-state index < -0.39 is 0 Å². The minimum absolute atomic E-state index is 0.255. The van der Waals surface area contributed by atoms with Gasteiger partial charge in [0.05, 0.1) is 0 Å². The summed E-state index contributed by atoms with van der Waals surface area (Å²) in [5, 5.41) is 19.9. The zero-order valence-corrected chi connectivity index (χ0v) is 14.5. The summed E-state index contributed by atoms with van der Waals surface area (Å²) >= 11 is 0. The number of hydrogen-bond acceptors (Lipinski definition) is 3. The van der Waals surface area contributed by atoms with Gasteiger partial charge in [0, 0.05) is 11.1 Å². The van der Waals surface area contributed by atoms with Crippen molar-refractivity contribution in [1.82, 2.24) is 0 Å².